The second-order valence-electron chi connectivity index (χ2n) is 5.28. The summed E-state index contributed by atoms with van der Waals surface area (Å²) < 4.78 is 0. The van der Waals surface area contributed by atoms with Gasteiger partial charge in [0.25, 0.3) is 11.8 Å². The zero-order valence-corrected chi connectivity index (χ0v) is 11.7. The Morgan fingerprint density at radius 2 is 1.70 bits per heavy atom. The molecule has 1 saturated heterocycles. The highest BCUT2D eigenvalue weighted by Crippen LogP contribution is 2.13. The Labute approximate surface area is 116 Å². The van der Waals surface area contributed by atoms with Crippen molar-refractivity contribution >= 4 is 23.7 Å². The Bertz CT molecular complexity index is 410. The number of amides is 3. The standard InChI is InChI=1S/C12H18N2O6/c1-12(2,3)20-13-8(15)4-7-11(18)19-14-9(16)5-6-10(14)17/h4-7H2,1-3H3,(H,13,15). The molecule has 8 nitrogen and oxygen atoms in total. The van der Waals surface area contributed by atoms with Crippen LogP contribution in [0.1, 0.15) is 46.5 Å². The lowest BCUT2D eigenvalue weighted by atomic mass is 10.2. The maximum Gasteiger partial charge on any atom is 0.333 e. The maximum absolute atomic E-state index is 11.4. The molecule has 8 heteroatoms. The van der Waals surface area contributed by atoms with Gasteiger partial charge in [-0.2, -0.15) is 0 Å². The second kappa shape index (κ2) is 6.47. The summed E-state index contributed by atoms with van der Waals surface area (Å²) in [6.45, 7) is 5.27. The predicted octanol–water partition coefficient (Wildman–Crippen LogP) is 0.220. The van der Waals surface area contributed by atoms with Gasteiger partial charge >= 0.3 is 5.97 Å². The number of rotatable bonds is 5. The Morgan fingerprint density at radius 1 is 1.15 bits per heavy atom. The van der Waals surface area contributed by atoms with E-state index in [9.17, 15) is 19.2 Å². The smallest absolute Gasteiger partial charge is 0.330 e. The van der Waals surface area contributed by atoms with Crippen LogP contribution >= 0.6 is 0 Å². The van der Waals surface area contributed by atoms with Crippen molar-refractivity contribution in [2.75, 3.05) is 0 Å². The fourth-order valence-corrected chi connectivity index (χ4v) is 1.28. The average Bonchev–Trinajstić information content (AvgIpc) is 2.65. The summed E-state index contributed by atoms with van der Waals surface area (Å²) >= 11 is 0. The SMILES string of the molecule is CC(C)(C)ONC(=O)CCC(=O)ON1C(=O)CCC1=O. The van der Waals surface area contributed by atoms with E-state index in [0.717, 1.165) is 0 Å². The molecule has 0 bridgehead atoms. The Kier molecular flexibility index (Phi) is 5.20. The van der Waals surface area contributed by atoms with Crippen LogP contribution in [0.15, 0.2) is 0 Å². The van der Waals surface area contributed by atoms with E-state index >= 15 is 0 Å². The molecular weight excluding hydrogens is 268 g/mol. The third kappa shape index (κ3) is 5.35. The molecule has 20 heavy (non-hydrogen) atoms. The van der Waals surface area contributed by atoms with Gasteiger partial charge in [-0.05, 0) is 20.8 Å². The van der Waals surface area contributed by atoms with Crippen molar-refractivity contribution in [1.82, 2.24) is 10.5 Å². The van der Waals surface area contributed by atoms with Crippen molar-refractivity contribution in [1.29, 1.82) is 0 Å². The molecule has 112 valence electrons. The number of carbonyl (C=O) groups is 4. The van der Waals surface area contributed by atoms with Gasteiger partial charge in [0.1, 0.15) is 0 Å². The predicted molar refractivity (Wildman–Crippen MR) is 65.4 cm³/mol. The molecule has 0 aromatic rings. The van der Waals surface area contributed by atoms with Gasteiger partial charge < -0.3 is 4.84 Å². The number of nitrogens with one attached hydrogen (secondary N) is 1. The summed E-state index contributed by atoms with van der Waals surface area (Å²) in [4.78, 5) is 54.8. The van der Waals surface area contributed by atoms with E-state index in [2.05, 4.69) is 10.3 Å². The van der Waals surface area contributed by atoms with Crippen LogP contribution in [0.3, 0.4) is 0 Å². The molecule has 1 N–H and O–H groups in total. The van der Waals surface area contributed by atoms with Crippen molar-refractivity contribution in [3.63, 3.8) is 0 Å². The van der Waals surface area contributed by atoms with E-state index in [1.165, 1.54) is 0 Å². The van der Waals surface area contributed by atoms with Crippen LogP contribution in [0.5, 0.6) is 0 Å². The summed E-state index contributed by atoms with van der Waals surface area (Å²) in [6.07, 6.45) is -0.348. The van der Waals surface area contributed by atoms with Crippen molar-refractivity contribution in [2.45, 2.75) is 52.1 Å². The molecule has 0 aromatic carbocycles. The molecule has 1 heterocycles. The molecule has 1 aliphatic heterocycles. The topological polar surface area (TPSA) is 102 Å². The number of carbonyl (C=O) groups excluding carboxylic acids is 4. The molecule has 1 aliphatic rings. The molecule has 0 unspecified atom stereocenters. The normalized spacial score (nSPS) is 15.4. The lowest BCUT2D eigenvalue weighted by Gasteiger charge is -2.18. The molecular formula is C12H18N2O6. The van der Waals surface area contributed by atoms with Crippen LogP contribution in [0.2, 0.25) is 0 Å². The zero-order valence-electron chi connectivity index (χ0n) is 11.7. The van der Waals surface area contributed by atoms with Gasteiger partial charge in [-0.25, -0.2) is 10.3 Å². The molecule has 0 radical (unpaired) electrons. The first-order valence-corrected chi connectivity index (χ1v) is 6.22. The first-order chi connectivity index (χ1) is 9.19. The van der Waals surface area contributed by atoms with Gasteiger partial charge in [0.05, 0.1) is 12.0 Å². The van der Waals surface area contributed by atoms with E-state index in [-0.39, 0.29) is 25.7 Å². The van der Waals surface area contributed by atoms with Crippen molar-refractivity contribution in [3.8, 4) is 0 Å². The first kappa shape index (κ1) is 16.1. The average molecular weight is 286 g/mol. The first-order valence-electron chi connectivity index (χ1n) is 6.22. The monoisotopic (exact) mass is 286 g/mol. The van der Waals surface area contributed by atoms with Crippen LogP contribution in [-0.2, 0) is 28.9 Å². The van der Waals surface area contributed by atoms with E-state index < -0.39 is 29.3 Å². The minimum atomic E-state index is -0.820. The number of hydroxylamine groups is 3. The van der Waals surface area contributed by atoms with Crippen molar-refractivity contribution in [3.05, 3.63) is 0 Å². The highest BCUT2D eigenvalue weighted by molar-refractivity contribution is 6.01. The summed E-state index contributed by atoms with van der Waals surface area (Å²) in [6, 6.07) is 0. The Hall–Kier alpha value is -1.96. The number of imide groups is 1. The molecule has 0 atom stereocenters. The molecule has 0 spiro atoms. The summed E-state index contributed by atoms with van der Waals surface area (Å²) in [5.41, 5.74) is 1.66. The van der Waals surface area contributed by atoms with Crippen LogP contribution in [0.25, 0.3) is 0 Å². The molecule has 0 aliphatic carbocycles. The van der Waals surface area contributed by atoms with Gasteiger partial charge in [-0.3, -0.25) is 19.2 Å². The Morgan fingerprint density at radius 3 is 2.20 bits per heavy atom. The quantitative estimate of drug-likeness (QED) is 0.573. The van der Waals surface area contributed by atoms with Gasteiger partial charge in [-0.15, -0.1) is 5.06 Å². The van der Waals surface area contributed by atoms with Crippen LogP contribution in [0.4, 0.5) is 0 Å². The van der Waals surface area contributed by atoms with E-state index in [1.807, 2.05) is 0 Å². The molecule has 3 amide bonds. The lowest BCUT2D eigenvalue weighted by Crippen LogP contribution is -2.35. The molecule has 0 aromatic heterocycles. The zero-order chi connectivity index (χ0) is 15.3. The third-order valence-corrected chi connectivity index (χ3v) is 2.23. The fourth-order valence-electron chi connectivity index (χ4n) is 1.28. The fraction of sp³-hybridized carbons (Fsp3) is 0.667. The number of nitrogens with zero attached hydrogens (tertiary/aromatic N) is 1. The second-order valence-corrected chi connectivity index (χ2v) is 5.28. The molecule has 1 fully saturated rings. The third-order valence-electron chi connectivity index (χ3n) is 2.23. The van der Waals surface area contributed by atoms with Gasteiger partial charge in [0.15, 0.2) is 0 Å². The molecule has 1 rings (SSSR count). The number of hydrogen-bond donors (Lipinski definition) is 1. The van der Waals surface area contributed by atoms with E-state index in [0.29, 0.717) is 5.06 Å². The Balaban J connectivity index is 2.28. The highest BCUT2D eigenvalue weighted by atomic mass is 16.7. The van der Waals surface area contributed by atoms with Gasteiger partial charge in [0, 0.05) is 19.3 Å². The van der Waals surface area contributed by atoms with Crippen LogP contribution < -0.4 is 5.48 Å². The van der Waals surface area contributed by atoms with Crippen molar-refractivity contribution < 1.29 is 28.9 Å². The lowest BCUT2D eigenvalue weighted by molar-refractivity contribution is -0.197. The molecule has 0 saturated carbocycles. The van der Waals surface area contributed by atoms with Gasteiger partial charge in [0.2, 0.25) is 5.91 Å². The number of hydrogen-bond acceptors (Lipinski definition) is 6. The summed E-state index contributed by atoms with van der Waals surface area (Å²) in [5.74, 6) is -2.41. The van der Waals surface area contributed by atoms with E-state index in [4.69, 9.17) is 4.84 Å². The largest absolute Gasteiger partial charge is 0.333 e. The van der Waals surface area contributed by atoms with Crippen LogP contribution in [0, 0.1) is 0 Å². The minimum Gasteiger partial charge on any atom is -0.330 e. The van der Waals surface area contributed by atoms with Crippen molar-refractivity contribution in [2.24, 2.45) is 0 Å². The summed E-state index contributed by atoms with van der Waals surface area (Å²) in [5, 5.41) is 0.450. The van der Waals surface area contributed by atoms with Gasteiger partial charge in [-0.1, -0.05) is 0 Å². The summed E-state index contributed by atoms with van der Waals surface area (Å²) in [7, 11) is 0. The van der Waals surface area contributed by atoms with E-state index in [1.54, 1.807) is 20.8 Å². The highest BCUT2D eigenvalue weighted by Gasteiger charge is 2.32. The minimum absolute atomic E-state index is 0.0338. The van der Waals surface area contributed by atoms with Crippen LogP contribution in [-0.4, -0.2) is 34.4 Å². The maximum atomic E-state index is 11.4.